The molecule has 0 aromatic carbocycles. The monoisotopic (exact) mass is 429 g/mol. The molecule has 0 bridgehead atoms. The molecule has 0 saturated heterocycles. The number of hydrogen-bond acceptors (Lipinski definition) is 6. The van der Waals surface area contributed by atoms with Gasteiger partial charge in [0.25, 0.3) is 10.1 Å². The molecule has 0 aromatic rings. The fourth-order valence-corrected chi connectivity index (χ4v) is 7.23. The van der Waals surface area contributed by atoms with Crippen LogP contribution in [-0.2, 0) is 22.8 Å². The van der Waals surface area contributed by atoms with Crippen LogP contribution in [0.3, 0.4) is 0 Å². The molecule has 0 rings (SSSR count). The molecule has 152 valence electrons. The van der Waals surface area contributed by atoms with Gasteiger partial charge in [-0.3, -0.25) is 4.90 Å². The van der Waals surface area contributed by atoms with E-state index in [9.17, 15) is 8.42 Å². The predicted molar refractivity (Wildman–Crippen MR) is 113 cm³/mol. The van der Waals surface area contributed by atoms with Gasteiger partial charge in [0.1, 0.15) is 0 Å². The Morgan fingerprint density at radius 2 is 1.08 bits per heavy atom. The number of nitrogens with zero attached hydrogens (tertiary/aromatic N) is 1. The van der Waals surface area contributed by atoms with Crippen molar-refractivity contribution in [2.45, 2.75) is 58.9 Å². The van der Waals surface area contributed by atoms with Crippen LogP contribution in [0.25, 0.3) is 0 Å². The van der Waals surface area contributed by atoms with Crippen molar-refractivity contribution in [1.29, 1.82) is 0 Å². The summed E-state index contributed by atoms with van der Waals surface area (Å²) in [5, 5.41) is 0. The van der Waals surface area contributed by atoms with E-state index in [2.05, 4.69) is 44.2 Å². The van der Waals surface area contributed by atoms with Gasteiger partial charge in [-0.2, -0.15) is 0 Å². The Bertz CT molecular complexity index is 461. The lowest BCUT2D eigenvalue weighted by Gasteiger charge is -2.27. The summed E-state index contributed by atoms with van der Waals surface area (Å²) in [6, 6.07) is 0. The van der Waals surface area contributed by atoms with Crippen molar-refractivity contribution in [2.24, 2.45) is 0 Å². The van der Waals surface area contributed by atoms with Gasteiger partial charge < -0.3 is 12.7 Å². The average Bonchev–Trinajstić information content (AvgIpc) is 2.29. The van der Waals surface area contributed by atoms with Crippen LogP contribution in [0.5, 0.6) is 0 Å². The molecule has 0 atom stereocenters. The summed E-state index contributed by atoms with van der Waals surface area (Å²) in [5.41, 5.74) is 0. The highest BCUT2D eigenvalue weighted by atomic mass is 32.2. The molecule has 0 radical (unpaired) electrons. The highest BCUT2D eigenvalue weighted by molar-refractivity contribution is 7.87. The third-order valence-electron chi connectivity index (χ3n) is 2.92. The standard InChI is InChI=1S/C15H39NO5SSi3/c1-23(2,3)19-13-10-16(11-14-20-24(4,5)6)12-15-22(17,18)21-25(7,8)9/h10-15H2,1-9H3. The van der Waals surface area contributed by atoms with E-state index in [0.29, 0.717) is 32.8 Å². The second kappa shape index (κ2) is 10.1. The second-order valence-electron chi connectivity index (χ2n) is 9.22. The minimum absolute atomic E-state index is 0.0111. The average molecular weight is 430 g/mol. The Labute approximate surface area is 158 Å². The first-order valence-electron chi connectivity index (χ1n) is 8.93. The molecule has 0 unspecified atom stereocenters. The number of hydrogen-bond donors (Lipinski definition) is 0. The van der Waals surface area contributed by atoms with E-state index in [1.165, 1.54) is 0 Å². The van der Waals surface area contributed by atoms with Crippen LogP contribution in [0.4, 0.5) is 0 Å². The largest absolute Gasteiger partial charge is 0.416 e. The topological polar surface area (TPSA) is 65.1 Å². The smallest absolute Gasteiger partial charge is 0.259 e. The van der Waals surface area contributed by atoms with Crippen molar-refractivity contribution in [2.75, 3.05) is 38.6 Å². The van der Waals surface area contributed by atoms with E-state index in [0.717, 1.165) is 0 Å². The van der Waals surface area contributed by atoms with E-state index in [1.807, 2.05) is 19.6 Å². The SMILES string of the molecule is C[Si](C)(C)OCCN(CCO[Si](C)(C)C)CCS(=O)(=O)O[Si](C)(C)C. The molecule has 0 N–H and O–H groups in total. The molecule has 0 aliphatic heterocycles. The van der Waals surface area contributed by atoms with Gasteiger partial charge in [-0.05, 0) is 58.9 Å². The Morgan fingerprint density at radius 3 is 1.40 bits per heavy atom. The van der Waals surface area contributed by atoms with Crippen molar-refractivity contribution >= 4 is 35.1 Å². The van der Waals surface area contributed by atoms with Crippen LogP contribution < -0.4 is 0 Å². The van der Waals surface area contributed by atoms with Gasteiger partial charge in [0.2, 0.25) is 8.32 Å². The van der Waals surface area contributed by atoms with Gasteiger partial charge in [0.15, 0.2) is 16.6 Å². The Hall–Kier alpha value is 0.441. The Kier molecular flexibility index (Phi) is 10.3. The van der Waals surface area contributed by atoms with Gasteiger partial charge in [-0.25, -0.2) is 8.42 Å². The Balaban J connectivity index is 4.60. The van der Waals surface area contributed by atoms with Crippen LogP contribution in [0.1, 0.15) is 0 Å². The molecular weight excluding hydrogens is 390 g/mol. The number of rotatable bonds is 13. The zero-order valence-electron chi connectivity index (χ0n) is 17.6. The minimum atomic E-state index is -3.49. The van der Waals surface area contributed by atoms with E-state index < -0.39 is 35.1 Å². The molecular formula is C15H39NO5SSi3. The lowest BCUT2D eigenvalue weighted by atomic mass is 10.5. The third-order valence-corrected chi connectivity index (χ3v) is 8.76. The molecule has 10 heteroatoms. The normalized spacial score (nSPS) is 14.3. The van der Waals surface area contributed by atoms with Gasteiger partial charge in [-0.15, -0.1) is 0 Å². The summed E-state index contributed by atoms with van der Waals surface area (Å²) in [7, 11) is -8.73. The van der Waals surface area contributed by atoms with Gasteiger partial charge in [0, 0.05) is 32.8 Å². The highest BCUT2D eigenvalue weighted by Gasteiger charge is 2.25. The van der Waals surface area contributed by atoms with Gasteiger partial charge in [0.05, 0.1) is 5.75 Å². The highest BCUT2D eigenvalue weighted by Crippen LogP contribution is 2.10. The minimum Gasteiger partial charge on any atom is -0.416 e. The first-order valence-corrected chi connectivity index (χ1v) is 20.7. The molecule has 25 heavy (non-hydrogen) atoms. The Morgan fingerprint density at radius 1 is 0.680 bits per heavy atom. The summed E-state index contributed by atoms with van der Waals surface area (Å²) in [4.78, 5) is 2.10. The fraction of sp³-hybridized carbons (Fsp3) is 1.00. The second-order valence-corrected chi connectivity index (χ2v) is 24.7. The zero-order chi connectivity index (χ0) is 19.9. The predicted octanol–water partition coefficient (Wildman–Crippen LogP) is 3.17. The van der Waals surface area contributed by atoms with Crippen molar-refractivity contribution in [3.05, 3.63) is 0 Å². The molecule has 0 amide bonds. The van der Waals surface area contributed by atoms with E-state index in [4.69, 9.17) is 12.7 Å². The maximum atomic E-state index is 12.2. The maximum absolute atomic E-state index is 12.2. The maximum Gasteiger partial charge on any atom is 0.259 e. The summed E-state index contributed by atoms with van der Waals surface area (Å²) < 4.78 is 41.5. The first kappa shape index (κ1) is 25.4. The lowest BCUT2D eigenvalue weighted by Crippen LogP contribution is -2.40. The molecule has 0 aromatic heterocycles. The molecule has 0 heterocycles. The van der Waals surface area contributed by atoms with Crippen molar-refractivity contribution in [3.8, 4) is 0 Å². The molecule has 6 nitrogen and oxygen atoms in total. The first-order chi connectivity index (χ1) is 11.0. The van der Waals surface area contributed by atoms with Crippen LogP contribution in [0.15, 0.2) is 0 Å². The lowest BCUT2D eigenvalue weighted by molar-refractivity contribution is 0.178. The van der Waals surface area contributed by atoms with Crippen LogP contribution in [0.2, 0.25) is 58.9 Å². The van der Waals surface area contributed by atoms with Crippen molar-refractivity contribution in [1.82, 2.24) is 4.90 Å². The summed E-state index contributed by atoms with van der Waals surface area (Å²) in [5.74, 6) is 0.0111. The van der Waals surface area contributed by atoms with Crippen molar-refractivity contribution < 1.29 is 21.1 Å². The van der Waals surface area contributed by atoms with E-state index >= 15 is 0 Å². The molecule has 0 saturated carbocycles. The molecule has 0 aliphatic rings. The molecule has 0 aliphatic carbocycles. The van der Waals surface area contributed by atoms with Gasteiger partial charge in [-0.1, -0.05) is 0 Å². The van der Waals surface area contributed by atoms with E-state index in [-0.39, 0.29) is 5.75 Å². The fourth-order valence-electron chi connectivity index (χ4n) is 1.96. The van der Waals surface area contributed by atoms with Gasteiger partial charge >= 0.3 is 0 Å². The molecule has 0 fully saturated rings. The zero-order valence-corrected chi connectivity index (χ0v) is 21.5. The molecule has 0 spiro atoms. The van der Waals surface area contributed by atoms with Crippen LogP contribution in [-0.4, -0.2) is 76.9 Å². The summed E-state index contributed by atoms with van der Waals surface area (Å²) in [6.07, 6.45) is 0. The quantitative estimate of drug-likeness (QED) is 0.419. The van der Waals surface area contributed by atoms with Crippen LogP contribution in [0, 0.1) is 0 Å². The van der Waals surface area contributed by atoms with Crippen molar-refractivity contribution in [3.63, 3.8) is 0 Å². The van der Waals surface area contributed by atoms with Crippen LogP contribution >= 0.6 is 0 Å². The summed E-state index contributed by atoms with van der Waals surface area (Å²) >= 11 is 0. The summed E-state index contributed by atoms with van der Waals surface area (Å²) in [6.45, 7) is 21.7. The third kappa shape index (κ3) is 17.6. The van der Waals surface area contributed by atoms with E-state index in [1.54, 1.807) is 0 Å².